The Morgan fingerprint density at radius 3 is 2.62 bits per heavy atom. The van der Waals surface area contributed by atoms with Crippen LogP contribution >= 0.6 is 27.3 Å². The summed E-state index contributed by atoms with van der Waals surface area (Å²) in [5, 5.41) is 14.9. The van der Waals surface area contributed by atoms with Gasteiger partial charge in [-0.3, -0.25) is 14.4 Å². The first-order valence-corrected chi connectivity index (χ1v) is 13.5. The van der Waals surface area contributed by atoms with Crippen LogP contribution in [-0.4, -0.2) is 40.0 Å². The molecular weight excluding hydrogens is 518 g/mol. The molecule has 1 aromatic carbocycles. The second kappa shape index (κ2) is 10.7. The van der Waals surface area contributed by atoms with E-state index in [4.69, 9.17) is 0 Å². The third kappa shape index (κ3) is 5.20. The molecule has 180 valence electrons. The number of thiophene rings is 1. The minimum Gasteiger partial charge on any atom is -0.481 e. The van der Waals surface area contributed by atoms with Gasteiger partial charge in [0, 0.05) is 23.6 Å². The number of carboxylic acid groups (broad SMARTS) is 1. The number of benzene rings is 1. The molecule has 1 aliphatic carbocycles. The van der Waals surface area contributed by atoms with Gasteiger partial charge in [-0.2, -0.15) is 0 Å². The summed E-state index contributed by atoms with van der Waals surface area (Å²) in [7, 11) is 0. The zero-order valence-corrected chi connectivity index (χ0v) is 21.4. The summed E-state index contributed by atoms with van der Waals surface area (Å²) in [6.07, 6.45) is 2.41. The van der Waals surface area contributed by atoms with Gasteiger partial charge in [-0.1, -0.05) is 28.1 Å². The molecule has 7 nitrogen and oxygen atoms in total. The second-order valence-electron chi connectivity index (χ2n) is 8.59. The van der Waals surface area contributed by atoms with Crippen molar-refractivity contribution in [3.63, 3.8) is 0 Å². The molecule has 1 aliphatic rings. The summed E-state index contributed by atoms with van der Waals surface area (Å²) in [5.41, 5.74) is 3.24. The number of fused-ring (bicyclic) bond motifs is 1. The van der Waals surface area contributed by atoms with E-state index in [9.17, 15) is 19.5 Å². The highest BCUT2D eigenvalue weighted by Crippen LogP contribution is 2.28. The summed E-state index contributed by atoms with van der Waals surface area (Å²) in [6.45, 7) is 2.52. The van der Waals surface area contributed by atoms with Crippen LogP contribution in [0.1, 0.15) is 48.7 Å². The topological polar surface area (TPSA) is 91.6 Å². The molecule has 0 saturated heterocycles. The van der Waals surface area contributed by atoms with E-state index in [1.54, 1.807) is 9.47 Å². The van der Waals surface area contributed by atoms with Crippen molar-refractivity contribution in [2.24, 2.45) is 5.92 Å². The van der Waals surface area contributed by atoms with Crippen molar-refractivity contribution in [2.45, 2.75) is 50.5 Å². The average molecular weight is 546 g/mol. The zero-order chi connectivity index (χ0) is 24.2. The van der Waals surface area contributed by atoms with Crippen LogP contribution in [0.3, 0.4) is 0 Å². The van der Waals surface area contributed by atoms with E-state index in [1.807, 2.05) is 48.7 Å². The highest BCUT2D eigenvalue weighted by Gasteiger charge is 2.28. The van der Waals surface area contributed by atoms with E-state index in [-0.39, 0.29) is 30.3 Å². The minimum absolute atomic E-state index is 0.0562. The molecule has 2 amide bonds. The largest absolute Gasteiger partial charge is 0.481 e. The van der Waals surface area contributed by atoms with Crippen molar-refractivity contribution in [2.75, 3.05) is 11.4 Å². The van der Waals surface area contributed by atoms with Crippen molar-refractivity contribution in [1.29, 1.82) is 0 Å². The van der Waals surface area contributed by atoms with Crippen molar-refractivity contribution >= 4 is 61.0 Å². The minimum atomic E-state index is -0.764. The molecule has 0 spiro atoms. The number of alkyl halides is 1. The fourth-order valence-corrected chi connectivity index (χ4v) is 5.78. The lowest BCUT2D eigenvalue weighted by atomic mass is 9.86. The first-order chi connectivity index (χ1) is 16.4. The number of carbonyl (C=O) groups is 3. The Morgan fingerprint density at radius 1 is 1.18 bits per heavy atom. The van der Waals surface area contributed by atoms with Crippen LogP contribution in [0.4, 0.5) is 5.69 Å². The highest BCUT2D eigenvalue weighted by atomic mass is 79.9. The van der Waals surface area contributed by atoms with Gasteiger partial charge in [0.15, 0.2) is 0 Å². The number of aromatic nitrogens is 1. The molecule has 2 N–H and O–H groups in total. The fourth-order valence-electron chi connectivity index (χ4n) is 4.61. The predicted molar refractivity (Wildman–Crippen MR) is 138 cm³/mol. The SMILES string of the molecule is CCN(C(=O)Cn1c(C(=O)NC2CCC(C(=O)O)CC2)cc2sccc21)c1cccc(CBr)c1. The van der Waals surface area contributed by atoms with Crippen LogP contribution in [0.2, 0.25) is 0 Å². The molecular formula is C25H28BrN3O4S. The predicted octanol–water partition coefficient (Wildman–Crippen LogP) is 5.02. The maximum absolute atomic E-state index is 13.4. The van der Waals surface area contributed by atoms with Crippen LogP contribution in [0.25, 0.3) is 10.2 Å². The highest BCUT2D eigenvalue weighted by molar-refractivity contribution is 9.08. The number of aliphatic carboxylic acids is 1. The number of hydrogen-bond donors (Lipinski definition) is 2. The van der Waals surface area contributed by atoms with Gasteiger partial charge in [0.25, 0.3) is 5.91 Å². The lowest BCUT2D eigenvalue weighted by Gasteiger charge is -2.27. The molecule has 0 aliphatic heterocycles. The Bertz CT molecular complexity index is 1200. The molecule has 0 unspecified atom stereocenters. The van der Waals surface area contributed by atoms with E-state index < -0.39 is 5.97 Å². The summed E-state index contributed by atoms with van der Waals surface area (Å²) < 4.78 is 2.75. The van der Waals surface area contributed by atoms with E-state index in [0.29, 0.717) is 43.3 Å². The lowest BCUT2D eigenvalue weighted by molar-refractivity contribution is -0.142. The molecule has 4 rings (SSSR count). The first kappa shape index (κ1) is 24.5. The molecule has 1 fully saturated rings. The molecule has 0 bridgehead atoms. The molecule has 1 saturated carbocycles. The molecule has 2 heterocycles. The van der Waals surface area contributed by atoms with Gasteiger partial charge in [-0.25, -0.2) is 0 Å². The quantitative estimate of drug-likeness (QED) is 0.388. The molecule has 0 atom stereocenters. The van der Waals surface area contributed by atoms with Crippen molar-refractivity contribution in [3.05, 3.63) is 53.0 Å². The molecule has 34 heavy (non-hydrogen) atoms. The van der Waals surface area contributed by atoms with Gasteiger partial charge >= 0.3 is 5.97 Å². The van der Waals surface area contributed by atoms with Crippen LogP contribution in [0, 0.1) is 5.92 Å². The zero-order valence-electron chi connectivity index (χ0n) is 19.0. The summed E-state index contributed by atoms with van der Waals surface area (Å²) in [5.74, 6) is -1.41. The van der Waals surface area contributed by atoms with Crippen molar-refractivity contribution < 1.29 is 19.5 Å². The van der Waals surface area contributed by atoms with Crippen molar-refractivity contribution in [3.8, 4) is 0 Å². The number of anilines is 1. The lowest BCUT2D eigenvalue weighted by Crippen LogP contribution is -2.40. The van der Waals surface area contributed by atoms with Gasteiger partial charge in [0.2, 0.25) is 5.91 Å². The van der Waals surface area contributed by atoms with Gasteiger partial charge < -0.3 is 19.9 Å². The fraction of sp³-hybridized carbons (Fsp3) is 0.400. The average Bonchev–Trinajstić information content (AvgIpc) is 3.43. The molecule has 0 radical (unpaired) electrons. The number of hydrogen-bond acceptors (Lipinski definition) is 4. The number of rotatable bonds is 8. The Hall–Kier alpha value is -2.65. The third-order valence-corrected chi connectivity index (χ3v) is 7.95. The van der Waals surface area contributed by atoms with Gasteiger partial charge in [0.1, 0.15) is 12.2 Å². The second-order valence-corrected chi connectivity index (χ2v) is 10.1. The van der Waals surface area contributed by atoms with E-state index in [1.165, 1.54) is 11.3 Å². The number of likely N-dealkylation sites (N-methyl/N-ethyl adjacent to an activating group) is 1. The van der Waals surface area contributed by atoms with Crippen LogP contribution in [-0.2, 0) is 21.5 Å². The first-order valence-electron chi connectivity index (χ1n) is 11.5. The molecule has 9 heteroatoms. The Labute approximate surface area is 210 Å². The summed E-state index contributed by atoms with van der Waals surface area (Å²) in [4.78, 5) is 39.5. The summed E-state index contributed by atoms with van der Waals surface area (Å²) >= 11 is 5.00. The summed E-state index contributed by atoms with van der Waals surface area (Å²) in [6, 6.07) is 11.6. The van der Waals surface area contributed by atoms with Gasteiger partial charge in [0.05, 0.1) is 16.1 Å². The smallest absolute Gasteiger partial charge is 0.306 e. The monoisotopic (exact) mass is 545 g/mol. The number of amides is 2. The van der Waals surface area contributed by atoms with Crippen LogP contribution < -0.4 is 10.2 Å². The maximum atomic E-state index is 13.4. The van der Waals surface area contributed by atoms with Crippen LogP contribution in [0.15, 0.2) is 41.8 Å². The molecule has 3 aromatic rings. The van der Waals surface area contributed by atoms with E-state index in [0.717, 1.165) is 21.5 Å². The number of carboxylic acids is 1. The number of nitrogens with one attached hydrogen (secondary N) is 1. The normalized spacial score (nSPS) is 18.1. The number of carbonyl (C=O) groups excluding carboxylic acids is 2. The Kier molecular flexibility index (Phi) is 7.73. The van der Waals surface area contributed by atoms with E-state index in [2.05, 4.69) is 21.2 Å². The maximum Gasteiger partial charge on any atom is 0.306 e. The van der Waals surface area contributed by atoms with Crippen LogP contribution in [0.5, 0.6) is 0 Å². The van der Waals surface area contributed by atoms with Crippen molar-refractivity contribution in [1.82, 2.24) is 9.88 Å². The third-order valence-electron chi connectivity index (χ3n) is 6.45. The number of nitrogens with zero attached hydrogens (tertiary/aromatic N) is 2. The Balaban J connectivity index is 1.53. The Morgan fingerprint density at radius 2 is 1.94 bits per heavy atom. The van der Waals surface area contributed by atoms with Gasteiger partial charge in [-0.15, -0.1) is 11.3 Å². The molecule has 2 aromatic heterocycles. The van der Waals surface area contributed by atoms with Gasteiger partial charge in [-0.05, 0) is 67.8 Å². The van der Waals surface area contributed by atoms with E-state index >= 15 is 0 Å². The number of halogens is 1. The standard InChI is InChI=1S/C25H28BrN3O4S/c1-2-28(19-5-3-4-16(12-19)14-26)23(30)15-29-20-10-11-34-22(20)13-21(29)24(31)27-18-8-6-17(7-9-18)25(32)33/h3-5,10-13,17-18H,2,6-9,14-15H2,1H3,(H,27,31)(H,32,33).